The second-order valence-electron chi connectivity index (χ2n) is 12.3. The Hall–Kier alpha value is -0.340. The average molecular weight is 403 g/mol. The molecule has 3 saturated carbocycles. The van der Waals surface area contributed by atoms with Crippen LogP contribution in [0.15, 0.2) is 11.1 Å². The summed E-state index contributed by atoms with van der Waals surface area (Å²) < 4.78 is 0. The van der Waals surface area contributed by atoms with Crippen LogP contribution in [0.3, 0.4) is 0 Å². The van der Waals surface area contributed by atoms with Crippen LogP contribution in [0.1, 0.15) is 105 Å². The van der Waals surface area contributed by atoms with Crippen LogP contribution >= 0.6 is 0 Å². The average Bonchev–Trinajstić information content (AvgIpc) is 3.00. The van der Waals surface area contributed by atoms with Gasteiger partial charge in [-0.15, -0.1) is 0 Å². The van der Waals surface area contributed by atoms with E-state index in [1.807, 2.05) is 0 Å². The van der Waals surface area contributed by atoms with Crippen LogP contribution in [0.25, 0.3) is 0 Å². The normalized spacial score (nSPS) is 45.7. The summed E-state index contributed by atoms with van der Waals surface area (Å²) in [5.74, 6) is 3.45. The topological polar surface area (TPSA) is 40.5 Å². The smallest absolute Gasteiger partial charge is 0.0758 e. The second kappa shape index (κ2) is 7.97. The summed E-state index contributed by atoms with van der Waals surface area (Å²) in [4.78, 5) is 0. The maximum absolute atomic E-state index is 11.3. The second-order valence-corrected chi connectivity index (χ2v) is 12.3. The maximum Gasteiger partial charge on any atom is 0.0758 e. The lowest BCUT2D eigenvalue weighted by Crippen LogP contribution is -2.52. The molecule has 0 amide bonds. The Labute approximate surface area is 179 Å². The molecule has 4 rings (SSSR count). The quantitative estimate of drug-likeness (QED) is 0.515. The molecule has 4 aliphatic rings. The van der Waals surface area contributed by atoms with Crippen molar-refractivity contribution in [1.29, 1.82) is 0 Å². The van der Waals surface area contributed by atoms with E-state index in [1.165, 1.54) is 50.5 Å². The molecule has 0 aromatic carbocycles. The standard InChI is InChI=1S/C27H46O2/c1-17(2)7-6-8-18(3)21-9-10-22-25-23(12-14-27(21,22)5)26(4)13-11-20(28)15-19(26)16-24(25)29/h17-21,23-24,28-29H,6-16H2,1-5H3/t18-,19?,20?,21-,23+,24?,26+,27-/m1/s1. The molecule has 8 atom stereocenters. The molecular formula is C27H46O2. The van der Waals surface area contributed by atoms with Crippen molar-refractivity contribution in [3.8, 4) is 0 Å². The van der Waals surface area contributed by atoms with Crippen molar-refractivity contribution in [2.75, 3.05) is 0 Å². The van der Waals surface area contributed by atoms with E-state index in [1.54, 1.807) is 5.57 Å². The molecule has 2 heteroatoms. The van der Waals surface area contributed by atoms with Crippen molar-refractivity contribution >= 4 is 0 Å². The predicted octanol–water partition coefficient (Wildman–Crippen LogP) is 6.50. The number of allylic oxidation sites excluding steroid dienone is 1. The van der Waals surface area contributed by atoms with Crippen molar-refractivity contribution in [2.24, 2.45) is 40.4 Å². The Morgan fingerprint density at radius 3 is 2.45 bits per heavy atom. The van der Waals surface area contributed by atoms with E-state index in [9.17, 15) is 10.2 Å². The van der Waals surface area contributed by atoms with E-state index in [0.29, 0.717) is 22.7 Å². The summed E-state index contributed by atoms with van der Waals surface area (Å²) in [6, 6.07) is 0. The first-order valence-electron chi connectivity index (χ1n) is 12.8. The van der Waals surface area contributed by atoms with Gasteiger partial charge in [0.25, 0.3) is 0 Å². The summed E-state index contributed by atoms with van der Waals surface area (Å²) >= 11 is 0. The van der Waals surface area contributed by atoms with Gasteiger partial charge in [0.2, 0.25) is 0 Å². The minimum absolute atomic E-state index is 0.147. The van der Waals surface area contributed by atoms with Crippen molar-refractivity contribution in [1.82, 2.24) is 0 Å². The fraction of sp³-hybridized carbons (Fsp3) is 0.926. The number of rotatable bonds is 5. The van der Waals surface area contributed by atoms with Crippen LogP contribution in [0, 0.1) is 40.4 Å². The van der Waals surface area contributed by atoms with Gasteiger partial charge in [-0.3, -0.25) is 0 Å². The third kappa shape index (κ3) is 3.65. The summed E-state index contributed by atoms with van der Waals surface area (Å²) in [7, 11) is 0. The van der Waals surface area contributed by atoms with Gasteiger partial charge in [-0.2, -0.15) is 0 Å². The first-order valence-corrected chi connectivity index (χ1v) is 12.8. The Bertz CT molecular complexity index is 636. The predicted molar refractivity (Wildman–Crippen MR) is 121 cm³/mol. The summed E-state index contributed by atoms with van der Waals surface area (Å²) in [5.41, 5.74) is 3.77. The van der Waals surface area contributed by atoms with Crippen LogP contribution < -0.4 is 0 Å². The van der Waals surface area contributed by atoms with E-state index in [-0.39, 0.29) is 12.2 Å². The fourth-order valence-corrected chi connectivity index (χ4v) is 8.45. The van der Waals surface area contributed by atoms with E-state index in [0.717, 1.165) is 43.4 Å². The van der Waals surface area contributed by atoms with Crippen LogP contribution in [0.4, 0.5) is 0 Å². The zero-order chi connectivity index (χ0) is 21.0. The molecule has 0 radical (unpaired) electrons. The minimum Gasteiger partial charge on any atom is -0.393 e. The first-order chi connectivity index (χ1) is 13.7. The third-order valence-corrected chi connectivity index (χ3v) is 10.2. The zero-order valence-electron chi connectivity index (χ0n) is 19.7. The SMILES string of the molecule is CC(C)CCC[C@@H](C)[C@H]1CCC2=C3C(O)CC4CC(O)CC[C@]4(C)[C@H]3CC[C@@]21C. The van der Waals surface area contributed by atoms with Gasteiger partial charge in [-0.05, 0) is 97.4 Å². The molecular weight excluding hydrogens is 356 g/mol. The van der Waals surface area contributed by atoms with Gasteiger partial charge < -0.3 is 10.2 Å². The lowest BCUT2D eigenvalue weighted by atomic mass is 9.48. The van der Waals surface area contributed by atoms with E-state index >= 15 is 0 Å². The van der Waals surface area contributed by atoms with E-state index in [2.05, 4.69) is 34.6 Å². The van der Waals surface area contributed by atoms with Crippen molar-refractivity contribution < 1.29 is 10.2 Å². The Morgan fingerprint density at radius 2 is 1.72 bits per heavy atom. The summed E-state index contributed by atoms with van der Waals surface area (Å²) in [5, 5.41) is 21.5. The van der Waals surface area contributed by atoms with Gasteiger partial charge in [-0.25, -0.2) is 0 Å². The number of aliphatic hydroxyl groups is 2. The highest BCUT2D eigenvalue weighted by Crippen LogP contribution is 2.65. The van der Waals surface area contributed by atoms with E-state index < -0.39 is 0 Å². The number of fused-ring (bicyclic) bond motifs is 4. The molecule has 29 heavy (non-hydrogen) atoms. The molecule has 0 saturated heterocycles. The summed E-state index contributed by atoms with van der Waals surface area (Å²) in [6.07, 6.45) is 12.7. The van der Waals surface area contributed by atoms with Crippen LogP contribution in [0.5, 0.6) is 0 Å². The monoisotopic (exact) mass is 402 g/mol. The lowest BCUT2D eigenvalue weighted by Gasteiger charge is -2.58. The van der Waals surface area contributed by atoms with Crippen LogP contribution in [-0.2, 0) is 0 Å². The molecule has 0 aliphatic heterocycles. The van der Waals surface area contributed by atoms with E-state index in [4.69, 9.17) is 0 Å². The van der Waals surface area contributed by atoms with Crippen molar-refractivity contribution in [2.45, 2.75) is 117 Å². The van der Waals surface area contributed by atoms with Gasteiger partial charge >= 0.3 is 0 Å². The van der Waals surface area contributed by atoms with Gasteiger partial charge in [0.15, 0.2) is 0 Å². The van der Waals surface area contributed by atoms with Gasteiger partial charge in [0.1, 0.15) is 0 Å². The molecule has 0 bridgehead atoms. The minimum atomic E-state index is -0.256. The molecule has 166 valence electrons. The highest BCUT2D eigenvalue weighted by atomic mass is 16.3. The molecule has 0 heterocycles. The van der Waals surface area contributed by atoms with Crippen molar-refractivity contribution in [3.05, 3.63) is 11.1 Å². The number of hydrogen-bond donors (Lipinski definition) is 2. The van der Waals surface area contributed by atoms with Gasteiger partial charge in [0, 0.05) is 0 Å². The molecule has 4 aliphatic carbocycles. The molecule has 2 N–H and O–H groups in total. The Balaban J connectivity index is 1.58. The molecule has 3 unspecified atom stereocenters. The molecule has 3 fully saturated rings. The summed E-state index contributed by atoms with van der Waals surface area (Å²) in [6.45, 7) is 12.2. The third-order valence-electron chi connectivity index (χ3n) is 10.2. The highest BCUT2D eigenvalue weighted by Gasteiger charge is 2.57. The van der Waals surface area contributed by atoms with Crippen LogP contribution in [0.2, 0.25) is 0 Å². The largest absolute Gasteiger partial charge is 0.393 e. The Kier molecular flexibility index (Phi) is 6.01. The van der Waals surface area contributed by atoms with Crippen LogP contribution in [-0.4, -0.2) is 22.4 Å². The Morgan fingerprint density at radius 1 is 0.966 bits per heavy atom. The molecule has 0 aromatic rings. The first kappa shape index (κ1) is 21.9. The number of aliphatic hydroxyl groups excluding tert-OH is 2. The lowest BCUT2D eigenvalue weighted by molar-refractivity contribution is -0.0664. The fourth-order valence-electron chi connectivity index (χ4n) is 8.45. The van der Waals surface area contributed by atoms with Crippen molar-refractivity contribution in [3.63, 3.8) is 0 Å². The maximum atomic E-state index is 11.3. The molecule has 2 nitrogen and oxygen atoms in total. The van der Waals surface area contributed by atoms with Gasteiger partial charge in [0.05, 0.1) is 12.2 Å². The number of hydrogen-bond acceptors (Lipinski definition) is 2. The highest BCUT2D eigenvalue weighted by molar-refractivity contribution is 5.37. The molecule has 0 spiro atoms. The van der Waals surface area contributed by atoms with Gasteiger partial charge in [-0.1, -0.05) is 59.5 Å². The zero-order valence-corrected chi connectivity index (χ0v) is 19.7. The molecule has 0 aromatic heterocycles.